The zero-order valence-corrected chi connectivity index (χ0v) is 15.8. The van der Waals surface area contributed by atoms with Gasteiger partial charge in [-0.05, 0) is 49.7 Å². The molecule has 0 aromatic heterocycles. The van der Waals surface area contributed by atoms with Crippen LogP contribution in [0.4, 0.5) is 0 Å². The number of ether oxygens (including phenoxy) is 3. The Labute approximate surface area is 160 Å². The summed E-state index contributed by atoms with van der Waals surface area (Å²) in [4.78, 5) is 11.9. The van der Waals surface area contributed by atoms with E-state index in [4.69, 9.17) is 14.2 Å². The van der Waals surface area contributed by atoms with E-state index >= 15 is 0 Å². The van der Waals surface area contributed by atoms with Gasteiger partial charge in [0.15, 0.2) is 6.61 Å². The van der Waals surface area contributed by atoms with Crippen LogP contribution >= 0.6 is 0 Å². The maximum absolute atomic E-state index is 11.9. The number of hydrogen-bond donors (Lipinski definition) is 1. The maximum atomic E-state index is 11.9. The fourth-order valence-corrected chi connectivity index (χ4v) is 2.20. The first-order valence-electron chi connectivity index (χ1n) is 9.12. The number of nitrogens with one attached hydrogen (secondary N) is 1. The molecule has 0 saturated carbocycles. The number of rotatable bonds is 11. The molecule has 0 aliphatic rings. The molecule has 0 fully saturated rings. The van der Waals surface area contributed by atoms with Gasteiger partial charge in [0.2, 0.25) is 0 Å². The van der Waals surface area contributed by atoms with Gasteiger partial charge in [-0.3, -0.25) is 4.79 Å². The van der Waals surface area contributed by atoms with Gasteiger partial charge in [0.1, 0.15) is 17.2 Å². The molecule has 2 aromatic carbocycles. The van der Waals surface area contributed by atoms with E-state index in [1.807, 2.05) is 43.3 Å². The molecule has 6 nitrogen and oxygen atoms in total. The summed E-state index contributed by atoms with van der Waals surface area (Å²) in [7, 11) is 0. The molecule has 144 valence electrons. The van der Waals surface area contributed by atoms with Crippen molar-refractivity contribution in [3.05, 3.63) is 54.1 Å². The van der Waals surface area contributed by atoms with E-state index in [9.17, 15) is 4.79 Å². The van der Waals surface area contributed by atoms with E-state index in [-0.39, 0.29) is 12.5 Å². The quantitative estimate of drug-likeness (QED) is 0.371. The summed E-state index contributed by atoms with van der Waals surface area (Å²) in [5.41, 5.74) is 3.23. The molecular formula is C21H26N2O4. The molecule has 2 aromatic rings. The maximum Gasteiger partial charge on any atom is 0.277 e. The highest BCUT2D eigenvalue weighted by Crippen LogP contribution is 2.18. The molecule has 1 amide bonds. The highest BCUT2D eigenvalue weighted by Gasteiger charge is 2.03. The van der Waals surface area contributed by atoms with Crippen molar-refractivity contribution in [2.75, 3.05) is 19.8 Å². The number of carbonyl (C=O) groups is 1. The summed E-state index contributed by atoms with van der Waals surface area (Å²) in [5.74, 6) is 1.76. The zero-order valence-electron chi connectivity index (χ0n) is 15.8. The molecule has 0 heterocycles. The Morgan fingerprint density at radius 3 is 2.41 bits per heavy atom. The number of hydrogen-bond acceptors (Lipinski definition) is 5. The van der Waals surface area contributed by atoms with Crippen molar-refractivity contribution in [3.8, 4) is 17.2 Å². The van der Waals surface area contributed by atoms with Gasteiger partial charge in [-0.25, -0.2) is 5.43 Å². The minimum atomic E-state index is -0.344. The Bertz CT molecular complexity index is 729. The molecule has 0 aliphatic carbocycles. The largest absolute Gasteiger partial charge is 0.494 e. The zero-order chi connectivity index (χ0) is 19.3. The minimum absolute atomic E-state index is 0.125. The summed E-state index contributed by atoms with van der Waals surface area (Å²) in [6, 6.07) is 14.7. The average Bonchev–Trinajstić information content (AvgIpc) is 2.69. The lowest BCUT2D eigenvalue weighted by Gasteiger charge is -2.08. The number of nitrogens with zero attached hydrogens (tertiary/aromatic N) is 1. The van der Waals surface area contributed by atoms with Crippen LogP contribution in [0.3, 0.4) is 0 Å². The van der Waals surface area contributed by atoms with Crippen molar-refractivity contribution >= 4 is 12.1 Å². The third kappa shape index (κ3) is 7.40. The lowest BCUT2D eigenvalue weighted by molar-refractivity contribution is -0.123. The molecule has 27 heavy (non-hydrogen) atoms. The standard InChI is InChI=1S/C21H26N2O4/c1-3-5-14-26-18-10-12-19(13-11-18)27-16-21(24)23-22-15-17-8-6-7-9-20(17)25-4-2/h6-13,15H,3-5,14,16H2,1-2H3,(H,23,24)/b22-15-. The Morgan fingerprint density at radius 1 is 1.00 bits per heavy atom. The van der Waals surface area contributed by atoms with Gasteiger partial charge in [0, 0.05) is 5.56 Å². The third-order valence-corrected chi connectivity index (χ3v) is 3.57. The molecule has 2 rings (SSSR count). The SMILES string of the molecule is CCCCOc1ccc(OCC(=O)N/N=C\c2ccccc2OCC)cc1. The van der Waals surface area contributed by atoms with E-state index in [2.05, 4.69) is 17.5 Å². The predicted octanol–water partition coefficient (Wildman–Crippen LogP) is 3.79. The third-order valence-electron chi connectivity index (χ3n) is 3.57. The van der Waals surface area contributed by atoms with Gasteiger partial charge >= 0.3 is 0 Å². The first kappa shape index (κ1) is 20.3. The second-order valence-corrected chi connectivity index (χ2v) is 5.73. The summed E-state index contributed by atoms with van der Waals surface area (Å²) < 4.78 is 16.5. The number of para-hydroxylation sites is 1. The molecule has 1 N–H and O–H groups in total. The van der Waals surface area contributed by atoms with E-state index in [0.29, 0.717) is 19.0 Å². The van der Waals surface area contributed by atoms with Crippen LogP contribution in [0.15, 0.2) is 53.6 Å². The first-order valence-corrected chi connectivity index (χ1v) is 9.12. The Balaban J connectivity index is 1.76. The molecule has 0 atom stereocenters. The summed E-state index contributed by atoms with van der Waals surface area (Å²) in [6.07, 6.45) is 3.66. The summed E-state index contributed by atoms with van der Waals surface area (Å²) in [5, 5.41) is 3.95. The molecule has 0 spiro atoms. The fourth-order valence-electron chi connectivity index (χ4n) is 2.20. The van der Waals surface area contributed by atoms with E-state index in [0.717, 1.165) is 29.9 Å². The van der Waals surface area contributed by atoms with Gasteiger partial charge < -0.3 is 14.2 Å². The lowest BCUT2D eigenvalue weighted by atomic mass is 10.2. The van der Waals surface area contributed by atoms with Crippen molar-refractivity contribution in [3.63, 3.8) is 0 Å². The number of unbranched alkanes of at least 4 members (excludes halogenated alkanes) is 1. The van der Waals surface area contributed by atoms with E-state index in [1.54, 1.807) is 18.3 Å². The van der Waals surface area contributed by atoms with Crippen LogP contribution in [-0.4, -0.2) is 31.9 Å². The molecular weight excluding hydrogens is 344 g/mol. The highest BCUT2D eigenvalue weighted by molar-refractivity contribution is 5.85. The van der Waals surface area contributed by atoms with Crippen molar-refractivity contribution in [2.45, 2.75) is 26.7 Å². The summed E-state index contributed by atoms with van der Waals surface area (Å²) >= 11 is 0. The second kappa shape index (κ2) is 11.6. The van der Waals surface area contributed by atoms with Crippen LogP contribution in [0.2, 0.25) is 0 Å². The number of amides is 1. The Hall–Kier alpha value is -3.02. The van der Waals surface area contributed by atoms with Crippen molar-refractivity contribution < 1.29 is 19.0 Å². The Kier molecular flexibility index (Phi) is 8.69. The smallest absolute Gasteiger partial charge is 0.277 e. The van der Waals surface area contributed by atoms with Gasteiger partial charge in [-0.2, -0.15) is 5.10 Å². The normalized spacial score (nSPS) is 10.6. The first-order chi connectivity index (χ1) is 13.2. The molecule has 6 heteroatoms. The highest BCUT2D eigenvalue weighted by atomic mass is 16.5. The minimum Gasteiger partial charge on any atom is -0.494 e. The second-order valence-electron chi connectivity index (χ2n) is 5.73. The van der Waals surface area contributed by atoms with Crippen molar-refractivity contribution in [2.24, 2.45) is 5.10 Å². The number of carbonyl (C=O) groups excluding carboxylic acids is 1. The average molecular weight is 370 g/mol. The number of hydrazone groups is 1. The number of benzene rings is 2. The van der Waals surface area contributed by atoms with E-state index < -0.39 is 0 Å². The predicted molar refractivity (Wildman–Crippen MR) is 106 cm³/mol. The molecule has 0 radical (unpaired) electrons. The van der Waals surface area contributed by atoms with Crippen LogP contribution in [0.1, 0.15) is 32.3 Å². The molecule has 0 unspecified atom stereocenters. The van der Waals surface area contributed by atoms with Gasteiger partial charge in [-0.15, -0.1) is 0 Å². The van der Waals surface area contributed by atoms with Crippen LogP contribution in [0.5, 0.6) is 17.2 Å². The van der Waals surface area contributed by atoms with E-state index in [1.165, 1.54) is 0 Å². The van der Waals surface area contributed by atoms with Gasteiger partial charge in [-0.1, -0.05) is 25.5 Å². The van der Waals surface area contributed by atoms with Crippen molar-refractivity contribution in [1.29, 1.82) is 0 Å². The molecule has 0 bridgehead atoms. The monoisotopic (exact) mass is 370 g/mol. The van der Waals surface area contributed by atoms with Crippen LogP contribution in [0, 0.1) is 0 Å². The van der Waals surface area contributed by atoms with Crippen LogP contribution < -0.4 is 19.6 Å². The van der Waals surface area contributed by atoms with Crippen LogP contribution in [-0.2, 0) is 4.79 Å². The van der Waals surface area contributed by atoms with Gasteiger partial charge in [0.25, 0.3) is 5.91 Å². The van der Waals surface area contributed by atoms with Crippen LogP contribution in [0.25, 0.3) is 0 Å². The topological polar surface area (TPSA) is 69.2 Å². The Morgan fingerprint density at radius 2 is 1.70 bits per heavy atom. The summed E-state index contributed by atoms with van der Waals surface area (Å²) in [6.45, 7) is 5.17. The molecule has 0 saturated heterocycles. The molecule has 0 aliphatic heterocycles. The van der Waals surface area contributed by atoms with Crippen molar-refractivity contribution in [1.82, 2.24) is 5.43 Å². The lowest BCUT2D eigenvalue weighted by Crippen LogP contribution is -2.24. The van der Waals surface area contributed by atoms with Gasteiger partial charge in [0.05, 0.1) is 19.4 Å². The fraction of sp³-hybridized carbons (Fsp3) is 0.333.